The van der Waals surface area contributed by atoms with Crippen molar-refractivity contribution in [2.45, 2.75) is 5.67 Å². The molecule has 94 valence electrons. The molecule has 0 aliphatic heterocycles. The van der Waals surface area contributed by atoms with Crippen molar-refractivity contribution in [1.29, 1.82) is 0 Å². The molecular formula is C14H12ClF2N. The van der Waals surface area contributed by atoms with Crippen molar-refractivity contribution in [2.24, 2.45) is 5.73 Å². The Kier molecular flexibility index (Phi) is 3.64. The van der Waals surface area contributed by atoms with E-state index in [4.69, 9.17) is 17.3 Å². The molecule has 1 atom stereocenters. The number of hydrogen-bond acceptors (Lipinski definition) is 1. The first-order valence-corrected chi connectivity index (χ1v) is 5.86. The lowest BCUT2D eigenvalue weighted by atomic mass is 9.88. The topological polar surface area (TPSA) is 26.0 Å². The van der Waals surface area contributed by atoms with E-state index in [2.05, 4.69) is 0 Å². The number of benzene rings is 2. The second-order valence-corrected chi connectivity index (χ2v) is 4.40. The summed E-state index contributed by atoms with van der Waals surface area (Å²) in [7, 11) is 0. The summed E-state index contributed by atoms with van der Waals surface area (Å²) >= 11 is 5.95. The van der Waals surface area contributed by atoms with Gasteiger partial charge in [-0.05, 0) is 23.8 Å². The molecule has 2 aromatic rings. The number of rotatable bonds is 3. The minimum Gasteiger partial charge on any atom is -0.327 e. The average molecular weight is 268 g/mol. The molecule has 1 unspecified atom stereocenters. The van der Waals surface area contributed by atoms with Crippen LogP contribution >= 0.6 is 11.6 Å². The number of halogens is 3. The average Bonchev–Trinajstić information content (AvgIpc) is 2.41. The molecule has 0 heterocycles. The summed E-state index contributed by atoms with van der Waals surface area (Å²) < 4.78 is 28.3. The first-order chi connectivity index (χ1) is 8.58. The number of alkyl halides is 1. The van der Waals surface area contributed by atoms with Crippen LogP contribution in [0.25, 0.3) is 0 Å². The highest BCUT2D eigenvalue weighted by Gasteiger charge is 2.34. The predicted octanol–water partition coefficient (Wildman–Crippen LogP) is 3.65. The Hall–Kier alpha value is -1.45. The van der Waals surface area contributed by atoms with Crippen molar-refractivity contribution in [3.05, 3.63) is 70.5 Å². The standard InChI is InChI=1S/C14H12ClF2N/c15-13-7-6-11(16)8-12(13)14(17,9-18)10-4-2-1-3-5-10/h1-8H,9,18H2. The predicted molar refractivity (Wildman–Crippen MR) is 68.8 cm³/mol. The van der Waals surface area contributed by atoms with Gasteiger partial charge in [0, 0.05) is 17.1 Å². The monoisotopic (exact) mass is 267 g/mol. The SMILES string of the molecule is NCC(F)(c1ccccc1)c1cc(F)ccc1Cl. The Morgan fingerprint density at radius 3 is 2.39 bits per heavy atom. The molecule has 1 nitrogen and oxygen atoms in total. The molecule has 2 aromatic carbocycles. The van der Waals surface area contributed by atoms with Gasteiger partial charge in [-0.3, -0.25) is 0 Å². The Morgan fingerprint density at radius 1 is 1.11 bits per heavy atom. The summed E-state index contributed by atoms with van der Waals surface area (Å²) in [5, 5.41) is 0.160. The Balaban J connectivity index is 2.60. The fraction of sp³-hybridized carbons (Fsp3) is 0.143. The molecule has 0 aromatic heterocycles. The molecule has 4 heteroatoms. The molecule has 0 amide bonds. The van der Waals surface area contributed by atoms with E-state index in [1.807, 2.05) is 0 Å². The normalized spacial score (nSPS) is 14.2. The molecule has 0 spiro atoms. The van der Waals surface area contributed by atoms with Crippen LogP contribution in [0.2, 0.25) is 5.02 Å². The summed E-state index contributed by atoms with van der Waals surface area (Å²) in [6, 6.07) is 12.0. The molecule has 0 radical (unpaired) electrons. The third-order valence-corrected chi connectivity index (χ3v) is 3.20. The summed E-state index contributed by atoms with van der Waals surface area (Å²) in [5.74, 6) is -0.541. The van der Waals surface area contributed by atoms with Crippen molar-refractivity contribution in [1.82, 2.24) is 0 Å². The van der Waals surface area contributed by atoms with Crippen molar-refractivity contribution in [2.75, 3.05) is 6.54 Å². The van der Waals surface area contributed by atoms with E-state index >= 15 is 4.39 Å². The molecule has 0 aliphatic rings. The minimum absolute atomic E-state index is 0.0536. The zero-order valence-corrected chi connectivity index (χ0v) is 10.3. The summed E-state index contributed by atoms with van der Waals surface area (Å²) in [6.45, 7) is -0.305. The van der Waals surface area contributed by atoms with Gasteiger partial charge in [0.1, 0.15) is 5.82 Å². The van der Waals surface area contributed by atoms with Crippen molar-refractivity contribution in [3.63, 3.8) is 0 Å². The van der Waals surface area contributed by atoms with Crippen LogP contribution in [0.4, 0.5) is 8.78 Å². The van der Waals surface area contributed by atoms with Gasteiger partial charge < -0.3 is 5.73 Å². The molecular weight excluding hydrogens is 256 g/mol. The van der Waals surface area contributed by atoms with Crippen molar-refractivity contribution < 1.29 is 8.78 Å². The van der Waals surface area contributed by atoms with E-state index in [9.17, 15) is 4.39 Å². The summed E-state index contributed by atoms with van der Waals surface area (Å²) in [4.78, 5) is 0. The van der Waals surface area contributed by atoms with Crippen LogP contribution in [0.3, 0.4) is 0 Å². The summed E-state index contributed by atoms with van der Waals surface area (Å²) in [5.41, 5.74) is 3.96. The van der Waals surface area contributed by atoms with Gasteiger partial charge in [0.05, 0.1) is 0 Å². The van der Waals surface area contributed by atoms with Gasteiger partial charge in [-0.15, -0.1) is 0 Å². The van der Waals surface area contributed by atoms with E-state index in [0.717, 1.165) is 6.07 Å². The largest absolute Gasteiger partial charge is 0.327 e. The molecule has 18 heavy (non-hydrogen) atoms. The lowest BCUT2D eigenvalue weighted by molar-refractivity contribution is 0.232. The maximum absolute atomic E-state index is 15.1. The molecule has 0 fully saturated rings. The first-order valence-electron chi connectivity index (χ1n) is 5.48. The summed E-state index contributed by atoms with van der Waals surface area (Å²) in [6.07, 6.45) is 0. The lowest BCUT2D eigenvalue weighted by Crippen LogP contribution is -2.32. The van der Waals surface area contributed by atoms with Gasteiger partial charge in [0.25, 0.3) is 0 Å². The van der Waals surface area contributed by atoms with Crippen LogP contribution in [-0.2, 0) is 5.67 Å². The molecule has 0 saturated heterocycles. The second kappa shape index (κ2) is 5.04. The molecule has 0 saturated carbocycles. The molecule has 0 bridgehead atoms. The van der Waals surface area contributed by atoms with Crippen LogP contribution < -0.4 is 5.73 Å². The zero-order chi connectivity index (χ0) is 13.2. The smallest absolute Gasteiger partial charge is 0.174 e. The highest BCUT2D eigenvalue weighted by molar-refractivity contribution is 6.31. The second-order valence-electron chi connectivity index (χ2n) is 4.00. The highest BCUT2D eigenvalue weighted by atomic mass is 35.5. The Morgan fingerprint density at radius 2 is 1.78 bits per heavy atom. The fourth-order valence-electron chi connectivity index (χ4n) is 1.89. The maximum atomic E-state index is 15.1. The van der Waals surface area contributed by atoms with E-state index < -0.39 is 11.5 Å². The third-order valence-electron chi connectivity index (χ3n) is 2.87. The van der Waals surface area contributed by atoms with Crippen LogP contribution in [0.5, 0.6) is 0 Å². The van der Waals surface area contributed by atoms with Gasteiger partial charge in [-0.25, -0.2) is 8.78 Å². The Labute approximate surface area is 109 Å². The quantitative estimate of drug-likeness (QED) is 0.903. The Bertz CT molecular complexity index is 545. The number of nitrogens with two attached hydrogens (primary N) is 1. The third kappa shape index (κ3) is 2.24. The fourth-order valence-corrected chi connectivity index (χ4v) is 2.15. The van der Waals surface area contributed by atoms with Crippen LogP contribution in [0, 0.1) is 5.82 Å². The van der Waals surface area contributed by atoms with Crippen LogP contribution in [-0.4, -0.2) is 6.54 Å². The highest BCUT2D eigenvalue weighted by Crippen LogP contribution is 2.37. The van der Waals surface area contributed by atoms with Gasteiger partial charge in [0.15, 0.2) is 5.67 Å². The van der Waals surface area contributed by atoms with E-state index in [-0.39, 0.29) is 17.1 Å². The van der Waals surface area contributed by atoms with Crippen molar-refractivity contribution >= 4 is 11.6 Å². The van der Waals surface area contributed by atoms with Gasteiger partial charge >= 0.3 is 0 Å². The minimum atomic E-state index is -1.99. The zero-order valence-electron chi connectivity index (χ0n) is 9.54. The maximum Gasteiger partial charge on any atom is 0.174 e. The number of hydrogen-bond donors (Lipinski definition) is 1. The van der Waals surface area contributed by atoms with Crippen LogP contribution in [0.15, 0.2) is 48.5 Å². The molecule has 2 rings (SSSR count). The van der Waals surface area contributed by atoms with E-state index in [1.165, 1.54) is 12.1 Å². The van der Waals surface area contributed by atoms with E-state index in [0.29, 0.717) is 5.56 Å². The van der Waals surface area contributed by atoms with Crippen molar-refractivity contribution in [3.8, 4) is 0 Å². The van der Waals surface area contributed by atoms with Gasteiger partial charge in [0.2, 0.25) is 0 Å². The molecule has 0 aliphatic carbocycles. The molecule has 2 N–H and O–H groups in total. The first kappa shape index (κ1) is 13.0. The van der Waals surface area contributed by atoms with Gasteiger partial charge in [-0.2, -0.15) is 0 Å². The van der Waals surface area contributed by atoms with Gasteiger partial charge in [-0.1, -0.05) is 41.9 Å². The lowest BCUT2D eigenvalue weighted by Gasteiger charge is -2.25. The van der Waals surface area contributed by atoms with Crippen LogP contribution in [0.1, 0.15) is 11.1 Å². The van der Waals surface area contributed by atoms with E-state index in [1.54, 1.807) is 30.3 Å².